The Morgan fingerprint density at radius 2 is 1.94 bits per heavy atom. The summed E-state index contributed by atoms with van der Waals surface area (Å²) in [5, 5.41) is 0. The molecule has 1 aromatic carbocycles. The van der Waals surface area contributed by atoms with E-state index in [2.05, 4.69) is 32.9 Å². The highest BCUT2D eigenvalue weighted by atomic mass is 32.2. The zero-order chi connectivity index (χ0) is 12.7. The Bertz CT molecular complexity index is 522. The molecule has 0 fully saturated rings. The van der Waals surface area contributed by atoms with E-state index in [4.69, 9.17) is 0 Å². The highest BCUT2D eigenvalue weighted by molar-refractivity contribution is 7.90. The molecule has 1 aliphatic rings. The second-order valence-electron chi connectivity index (χ2n) is 6.03. The number of sulfone groups is 1. The Labute approximate surface area is 104 Å². The largest absolute Gasteiger partial charge is 0.228 e. The third-order valence-electron chi connectivity index (χ3n) is 2.88. The smallest absolute Gasteiger partial charge is 0.155 e. The summed E-state index contributed by atoms with van der Waals surface area (Å²) in [7, 11) is -2.90. The summed E-state index contributed by atoms with van der Waals surface area (Å²) in [4.78, 5) is 0. The van der Waals surface area contributed by atoms with Gasteiger partial charge < -0.3 is 0 Å². The monoisotopic (exact) mass is 251 g/mol. The minimum atomic E-state index is -2.90. The first-order chi connectivity index (χ1) is 7.75. The third-order valence-corrected chi connectivity index (χ3v) is 4.30. The van der Waals surface area contributed by atoms with Crippen molar-refractivity contribution in [1.82, 2.24) is 0 Å². The van der Waals surface area contributed by atoms with Crippen LogP contribution in [0.25, 0.3) is 0 Å². The molecule has 1 aromatic rings. The number of rotatable bonds is 1. The highest BCUT2D eigenvalue weighted by Gasteiger charge is 2.22. The van der Waals surface area contributed by atoms with Crippen LogP contribution in [0.3, 0.4) is 0 Å². The minimum absolute atomic E-state index is 0.180. The van der Waals surface area contributed by atoms with Gasteiger partial charge in [0.25, 0.3) is 0 Å². The SMILES string of the molecule is CC(C)(C)Cc1ccc2c(c1)[CH]CS(=O)(=O)C2. The quantitative estimate of drug-likeness (QED) is 0.769. The van der Waals surface area contributed by atoms with Crippen LogP contribution < -0.4 is 0 Å². The first-order valence-electron chi connectivity index (χ1n) is 5.91. The van der Waals surface area contributed by atoms with Crippen molar-refractivity contribution >= 4 is 9.84 Å². The maximum absolute atomic E-state index is 11.5. The minimum Gasteiger partial charge on any atom is -0.228 e. The lowest BCUT2D eigenvalue weighted by molar-refractivity contribution is 0.411. The molecule has 2 rings (SSSR count). The molecule has 0 N–H and O–H groups in total. The summed E-state index contributed by atoms with van der Waals surface area (Å²) >= 11 is 0. The van der Waals surface area contributed by atoms with E-state index >= 15 is 0 Å². The number of fused-ring (bicyclic) bond motifs is 1. The standard InChI is InChI=1S/C14H19O2S/c1-14(2,3)9-11-4-5-13-10-17(15,16)7-6-12(13)8-11/h4-6,8H,7,9-10H2,1-3H3. The van der Waals surface area contributed by atoms with Crippen molar-refractivity contribution in [3.8, 4) is 0 Å². The molecule has 0 bridgehead atoms. The van der Waals surface area contributed by atoms with Gasteiger partial charge in [-0.1, -0.05) is 39.0 Å². The average Bonchev–Trinajstić information content (AvgIpc) is 2.15. The molecule has 93 valence electrons. The first-order valence-corrected chi connectivity index (χ1v) is 7.73. The van der Waals surface area contributed by atoms with Crippen LogP contribution in [-0.2, 0) is 22.0 Å². The molecule has 0 spiro atoms. The molecule has 3 heteroatoms. The van der Waals surface area contributed by atoms with Crippen LogP contribution in [-0.4, -0.2) is 14.2 Å². The van der Waals surface area contributed by atoms with Gasteiger partial charge in [0.1, 0.15) is 0 Å². The summed E-state index contributed by atoms with van der Waals surface area (Å²) in [5.41, 5.74) is 3.58. The average molecular weight is 251 g/mol. The Hall–Kier alpha value is -0.830. The second-order valence-corrected chi connectivity index (χ2v) is 8.14. The molecule has 1 aliphatic heterocycles. The van der Waals surface area contributed by atoms with E-state index in [1.807, 2.05) is 12.5 Å². The normalized spacial score (nSPS) is 18.8. The van der Waals surface area contributed by atoms with Crippen molar-refractivity contribution in [2.24, 2.45) is 5.41 Å². The van der Waals surface area contributed by atoms with E-state index in [0.29, 0.717) is 0 Å². The van der Waals surface area contributed by atoms with E-state index in [0.717, 1.165) is 17.5 Å². The fraction of sp³-hybridized carbons (Fsp3) is 0.500. The fourth-order valence-corrected chi connectivity index (χ4v) is 3.49. The summed E-state index contributed by atoms with van der Waals surface area (Å²) in [5.74, 6) is 0.369. The number of hydrogen-bond acceptors (Lipinski definition) is 2. The lowest BCUT2D eigenvalue weighted by atomic mass is 9.87. The van der Waals surface area contributed by atoms with Crippen molar-refractivity contribution in [3.05, 3.63) is 41.3 Å². The third kappa shape index (κ3) is 3.32. The lowest BCUT2D eigenvalue weighted by Crippen LogP contribution is -2.18. The number of hydrogen-bond donors (Lipinski definition) is 0. The first kappa shape index (κ1) is 12.6. The van der Waals surface area contributed by atoms with Crippen LogP contribution in [0, 0.1) is 11.8 Å². The van der Waals surface area contributed by atoms with Gasteiger partial charge in [-0.2, -0.15) is 0 Å². The van der Waals surface area contributed by atoms with Crippen LogP contribution in [0.1, 0.15) is 37.5 Å². The van der Waals surface area contributed by atoms with Gasteiger partial charge in [0.05, 0.1) is 11.5 Å². The molecule has 1 heterocycles. The second kappa shape index (κ2) is 4.13. The van der Waals surface area contributed by atoms with E-state index in [1.54, 1.807) is 0 Å². The van der Waals surface area contributed by atoms with Gasteiger partial charge in [0.15, 0.2) is 9.84 Å². The molecule has 17 heavy (non-hydrogen) atoms. The molecule has 0 unspecified atom stereocenters. The summed E-state index contributed by atoms with van der Waals surface area (Å²) < 4.78 is 23.0. The van der Waals surface area contributed by atoms with Gasteiger partial charge in [0.2, 0.25) is 0 Å². The molecule has 0 saturated heterocycles. The molecular formula is C14H19O2S. The van der Waals surface area contributed by atoms with Crippen LogP contribution >= 0.6 is 0 Å². The van der Waals surface area contributed by atoms with Gasteiger partial charge in [-0.25, -0.2) is 8.42 Å². The molecule has 0 atom stereocenters. The van der Waals surface area contributed by atoms with E-state index in [1.165, 1.54) is 5.56 Å². The fourth-order valence-electron chi connectivity index (χ4n) is 2.20. The van der Waals surface area contributed by atoms with Gasteiger partial charge in [0, 0.05) is 6.42 Å². The predicted octanol–water partition coefficient (Wildman–Crippen LogP) is 2.76. The molecule has 0 saturated carbocycles. The maximum atomic E-state index is 11.5. The van der Waals surface area contributed by atoms with Gasteiger partial charge in [-0.05, 0) is 28.5 Å². The molecule has 0 aromatic heterocycles. The lowest BCUT2D eigenvalue weighted by Gasteiger charge is -2.21. The summed E-state index contributed by atoms with van der Waals surface area (Å²) in [6, 6.07) is 6.15. The van der Waals surface area contributed by atoms with Crippen LogP contribution in [0.2, 0.25) is 0 Å². The van der Waals surface area contributed by atoms with E-state index < -0.39 is 9.84 Å². The molecular weight excluding hydrogens is 232 g/mol. The summed E-state index contributed by atoms with van der Waals surface area (Å²) in [6.45, 7) is 6.63. The van der Waals surface area contributed by atoms with E-state index in [-0.39, 0.29) is 16.9 Å². The van der Waals surface area contributed by atoms with Gasteiger partial charge >= 0.3 is 0 Å². The summed E-state index contributed by atoms with van der Waals surface area (Å²) in [6.07, 6.45) is 2.85. The van der Waals surface area contributed by atoms with Crippen molar-refractivity contribution in [2.45, 2.75) is 32.9 Å². The predicted molar refractivity (Wildman–Crippen MR) is 70.5 cm³/mol. The molecule has 2 nitrogen and oxygen atoms in total. The zero-order valence-corrected chi connectivity index (χ0v) is 11.5. The van der Waals surface area contributed by atoms with Gasteiger partial charge in [-0.3, -0.25) is 0 Å². The topological polar surface area (TPSA) is 34.1 Å². The van der Waals surface area contributed by atoms with Crippen LogP contribution in [0.15, 0.2) is 18.2 Å². The highest BCUT2D eigenvalue weighted by Crippen LogP contribution is 2.26. The number of benzene rings is 1. The van der Waals surface area contributed by atoms with Crippen molar-refractivity contribution in [2.75, 3.05) is 5.75 Å². The molecule has 1 radical (unpaired) electrons. The Morgan fingerprint density at radius 1 is 1.24 bits per heavy atom. The Kier molecular flexibility index (Phi) is 3.06. The van der Waals surface area contributed by atoms with Crippen molar-refractivity contribution in [1.29, 1.82) is 0 Å². The Balaban J connectivity index is 2.28. The zero-order valence-electron chi connectivity index (χ0n) is 10.7. The van der Waals surface area contributed by atoms with Crippen molar-refractivity contribution < 1.29 is 8.42 Å². The Morgan fingerprint density at radius 3 is 2.59 bits per heavy atom. The van der Waals surface area contributed by atoms with Crippen LogP contribution in [0.5, 0.6) is 0 Å². The van der Waals surface area contributed by atoms with Crippen molar-refractivity contribution in [3.63, 3.8) is 0 Å². The maximum Gasteiger partial charge on any atom is 0.155 e. The van der Waals surface area contributed by atoms with E-state index in [9.17, 15) is 8.42 Å². The van der Waals surface area contributed by atoms with Crippen LogP contribution in [0.4, 0.5) is 0 Å². The molecule has 0 amide bonds. The van der Waals surface area contributed by atoms with Gasteiger partial charge in [-0.15, -0.1) is 0 Å². The molecule has 0 aliphatic carbocycles.